The molecule has 0 saturated heterocycles. The van der Waals surface area contributed by atoms with Crippen LogP contribution in [0.3, 0.4) is 0 Å². The Bertz CT molecular complexity index is 139. The average Bonchev–Trinajstić information content (AvgIpc) is 1.97. The van der Waals surface area contributed by atoms with Gasteiger partial charge in [-0.3, -0.25) is 0 Å². The molecule has 0 atom stereocenters. The van der Waals surface area contributed by atoms with Gasteiger partial charge in [0, 0.05) is 5.57 Å². The Morgan fingerprint density at radius 2 is 1.85 bits per heavy atom. The fourth-order valence-electron chi connectivity index (χ4n) is 0.640. The fraction of sp³-hybridized carbons (Fsp3) is 0.727. The summed E-state index contributed by atoms with van der Waals surface area (Å²) in [4.78, 5) is 10.8. The molecule has 0 aliphatic rings. The third-order valence-electron chi connectivity index (χ3n) is 1.33. The second kappa shape index (κ2) is 11.2. The largest absolute Gasteiger partial charge is 0.462 e. The van der Waals surface area contributed by atoms with Gasteiger partial charge in [0.25, 0.3) is 0 Å². The Morgan fingerprint density at radius 3 is 2.23 bits per heavy atom. The Balaban J connectivity index is -0.000000500. The molecular formula is C11H24O2. The van der Waals surface area contributed by atoms with E-state index in [-0.39, 0.29) is 20.8 Å². The van der Waals surface area contributed by atoms with E-state index in [4.69, 9.17) is 4.74 Å². The van der Waals surface area contributed by atoms with Gasteiger partial charge in [0.15, 0.2) is 0 Å². The maximum absolute atomic E-state index is 10.8. The van der Waals surface area contributed by atoms with Gasteiger partial charge in [-0.1, -0.05) is 41.2 Å². The van der Waals surface area contributed by atoms with E-state index in [0.29, 0.717) is 12.2 Å². The van der Waals surface area contributed by atoms with Gasteiger partial charge in [0.2, 0.25) is 0 Å². The first-order valence-electron chi connectivity index (χ1n) is 4.01. The lowest BCUT2D eigenvalue weighted by Crippen LogP contribution is -2.05. The first-order valence-corrected chi connectivity index (χ1v) is 4.01. The molecule has 0 N–H and O–H groups in total. The molecule has 0 fully saturated rings. The molecule has 0 aliphatic heterocycles. The number of esters is 1. The third-order valence-corrected chi connectivity index (χ3v) is 1.33. The highest BCUT2D eigenvalue weighted by Crippen LogP contribution is 1.97. The number of hydrogen-bond donors (Lipinski definition) is 0. The zero-order chi connectivity index (χ0) is 8.69. The summed E-state index contributed by atoms with van der Waals surface area (Å²) in [5.74, 6) is -0.277. The maximum atomic E-state index is 10.8. The summed E-state index contributed by atoms with van der Waals surface area (Å²) in [6, 6.07) is 0. The molecule has 0 saturated carbocycles. The van der Waals surface area contributed by atoms with Crippen molar-refractivity contribution in [1.82, 2.24) is 0 Å². The monoisotopic (exact) mass is 188 g/mol. The van der Waals surface area contributed by atoms with Crippen molar-refractivity contribution >= 4 is 5.97 Å². The molecule has 0 heterocycles. The van der Waals surface area contributed by atoms with Crippen molar-refractivity contribution in [2.24, 2.45) is 0 Å². The van der Waals surface area contributed by atoms with E-state index in [2.05, 4.69) is 13.5 Å². The van der Waals surface area contributed by atoms with Gasteiger partial charge in [-0.25, -0.2) is 4.79 Å². The SMILES string of the molecule is C.C.C=C(C)C(=O)OCCCCC. The molecule has 0 unspecified atom stereocenters. The van der Waals surface area contributed by atoms with Gasteiger partial charge in [0.1, 0.15) is 0 Å². The number of unbranched alkanes of at least 4 members (excludes halogenated alkanes) is 2. The van der Waals surface area contributed by atoms with Crippen molar-refractivity contribution in [2.75, 3.05) is 6.61 Å². The molecule has 0 aromatic heterocycles. The minimum atomic E-state index is -0.277. The van der Waals surface area contributed by atoms with E-state index < -0.39 is 0 Å². The topological polar surface area (TPSA) is 26.3 Å². The van der Waals surface area contributed by atoms with Crippen LogP contribution in [0.2, 0.25) is 0 Å². The van der Waals surface area contributed by atoms with E-state index in [1.807, 2.05) is 0 Å². The van der Waals surface area contributed by atoms with Crippen LogP contribution in [0.15, 0.2) is 12.2 Å². The van der Waals surface area contributed by atoms with Gasteiger partial charge < -0.3 is 4.74 Å². The van der Waals surface area contributed by atoms with Gasteiger partial charge >= 0.3 is 5.97 Å². The van der Waals surface area contributed by atoms with E-state index in [0.717, 1.165) is 19.3 Å². The van der Waals surface area contributed by atoms with Gasteiger partial charge in [-0.2, -0.15) is 0 Å². The first-order chi connectivity index (χ1) is 5.18. The lowest BCUT2D eigenvalue weighted by Gasteiger charge is -2.02. The second-order valence-corrected chi connectivity index (χ2v) is 2.62. The molecule has 0 aromatic carbocycles. The molecule has 0 aliphatic carbocycles. The van der Waals surface area contributed by atoms with Gasteiger partial charge in [-0.05, 0) is 13.3 Å². The van der Waals surface area contributed by atoms with Crippen molar-refractivity contribution in [2.45, 2.75) is 48.0 Å². The summed E-state index contributed by atoms with van der Waals surface area (Å²) in [5, 5.41) is 0. The van der Waals surface area contributed by atoms with Crippen molar-refractivity contribution in [1.29, 1.82) is 0 Å². The van der Waals surface area contributed by atoms with Crippen molar-refractivity contribution in [3.05, 3.63) is 12.2 Å². The molecule has 2 heteroatoms. The minimum Gasteiger partial charge on any atom is -0.462 e. The average molecular weight is 188 g/mol. The number of rotatable bonds is 5. The van der Waals surface area contributed by atoms with E-state index >= 15 is 0 Å². The Hall–Kier alpha value is -0.790. The number of carbonyl (C=O) groups is 1. The summed E-state index contributed by atoms with van der Waals surface area (Å²) in [7, 11) is 0. The normalized spacial score (nSPS) is 7.85. The van der Waals surface area contributed by atoms with E-state index in [1.54, 1.807) is 6.92 Å². The number of carbonyl (C=O) groups excluding carboxylic acids is 1. The number of ether oxygens (including phenoxy) is 1. The lowest BCUT2D eigenvalue weighted by atomic mass is 10.3. The standard InChI is InChI=1S/C9H16O2.2CH4/c1-4-5-6-7-11-9(10)8(2)3;;/h2,4-7H2,1,3H3;2*1H4. The molecular weight excluding hydrogens is 164 g/mol. The van der Waals surface area contributed by atoms with Crippen LogP contribution in [0.25, 0.3) is 0 Å². The van der Waals surface area contributed by atoms with Crippen LogP contribution >= 0.6 is 0 Å². The predicted octanol–water partition coefficient (Wildman–Crippen LogP) is 3.57. The summed E-state index contributed by atoms with van der Waals surface area (Å²) in [6.45, 7) is 7.77. The quantitative estimate of drug-likeness (QED) is 0.374. The zero-order valence-corrected chi connectivity index (χ0v) is 7.35. The molecule has 0 rings (SSSR count). The summed E-state index contributed by atoms with van der Waals surface area (Å²) >= 11 is 0. The molecule has 0 aromatic rings. The Kier molecular flexibility index (Phi) is 15.6. The Labute approximate surface area is 83.0 Å². The van der Waals surface area contributed by atoms with Crippen LogP contribution in [-0.4, -0.2) is 12.6 Å². The first kappa shape index (κ1) is 18.1. The van der Waals surface area contributed by atoms with Crippen LogP contribution in [0.1, 0.15) is 48.0 Å². The molecule has 0 spiro atoms. The van der Waals surface area contributed by atoms with Crippen molar-refractivity contribution < 1.29 is 9.53 Å². The lowest BCUT2D eigenvalue weighted by molar-refractivity contribution is -0.139. The highest BCUT2D eigenvalue weighted by atomic mass is 16.5. The zero-order valence-electron chi connectivity index (χ0n) is 7.35. The summed E-state index contributed by atoms with van der Waals surface area (Å²) in [5.41, 5.74) is 0.474. The fourth-order valence-corrected chi connectivity index (χ4v) is 0.640. The molecule has 0 bridgehead atoms. The smallest absolute Gasteiger partial charge is 0.333 e. The maximum Gasteiger partial charge on any atom is 0.333 e. The van der Waals surface area contributed by atoms with E-state index in [1.165, 1.54) is 0 Å². The molecule has 0 amide bonds. The van der Waals surface area contributed by atoms with Gasteiger partial charge in [-0.15, -0.1) is 0 Å². The summed E-state index contributed by atoms with van der Waals surface area (Å²) in [6.07, 6.45) is 3.21. The van der Waals surface area contributed by atoms with Crippen LogP contribution in [0.5, 0.6) is 0 Å². The predicted molar refractivity (Wildman–Crippen MR) is 58.8 cm³/mol. The Morgan fingerprint density at radius 1 is 1.31 bits per heavy atom. The molecule has 0 radical (unpaired) electrons. The highest BCUT2D eigenvalue weighted by molar-refractivity contribution is 5.86. The van der Waals surface area contributed by atoms with Gasteiger partial charge in [0.05, 0.1) is 6.61 Å². The minimum absolute atomic E-state index is 0. The molecule has 13 heavy (non-hydrogen) atoms. The van der Waals surface area contributed by atoms with E-state index in [9.17, 15) is 4.79 Å². The molecule has 2 nitrogen and oxygen atoms in total. The van der Waals surface area contributed by atoms with Crippen LogP contribution in [0, 0.1) is 0 Å². The summed E-state index contributed by atoms with van der Waals surface area (Å²) < 4.78 is 4.87. The molecule has 80 valence electrons. The highest BCUT2D eigenvalue weighted by Gasteiger charge is 2.00. The van der Waals surface area contributed by atoms with Crippen LogP contribution in [0.4, 0.5) is 0 Å². The second-order valence-electron chi connectivity index (χ2n) is 2.62. The van der Waals surface area contributed by atoms with Crippen LogP contribution < -0.4 is 0 Å². The van der Waals surface area contributed by atoms with Crippen molar-refractivity contribution in [3.8, 4) is 0 Å². The van der Waals surface area contributed by atoms with Crippen LogP contribution in [-0.2, 0) is 9.53 Å². The number of hydrogen-bond acceptors (Lipinski definition) is 2. The van der Waals surface area contributed by atoms with Crippen molar-refractivity contribution in [3.63, 3.8) is 0 Å². The third kappa shape index (κ3) is 11.2.